The molecular formula is C30H36N4O3. The predicted molar refractivity (Wildman–Crippen MR) is 148 cm³/mol. The van der Waals surface area contributed by atoms with Gasteiger partial charge in [0.05, 0.1) is 11.9 Å². The van der Waals surface area contributed by atoms with Crippen LogP contribution in [0.1, 0.15) is 83.9 Å². The SMILES string of the molecule is Cc1ncc(NC(=O)c2cc(C(N)=O)cc(C(C)(C)C)c2)cc1-c1ccc(C(=O)NCC(C)(C)C)cc1. The Morgan fingerprint density at radius 2 is 1.46 bits per heavy atom. The first-order chi connectivity index (χ1) is 17.1. The maximum Gasteiger partial charge on any atom is 0.255 e. The number of aromatic nitrogens is 1. The predicted octanol–water partition coefficient (Wildman–Crippen LogP) is 5.48. The molecule has 0 bridgehead atoms. The van der Waals surface area contributed by atoms with Gasteiger partial charge in [-0.2, -0.15) is 0 Å². The van der Waals surface area contributed by atoms with E-state index in [-0.39, 0.29) is 28.2 Å². The molecule has 4 N–H and O–H groups in total. The van der Waals surface area contributed by atoms with Gasteiger partial charge in [-0.3, -0.25) is 19.4 Å². The smallest absolute Gasteiger partial charge is 0.255 e. The van der Waals surface area contributed by atoms with Crippen molar-refractivity contribution in [2.75, 3.05) is 11.9 Å². The molecular weight excluding hydrogens is 464 g/mol. The maximum atomic E-state index is 13.1. The van der Waals surface area contributed by atoms with Gasteiger partial charge in [0.15, 0.2) is 0 Å². The molecule has 0 unspecified atom stereocenters. The van der Waals surface area contributed by atoms with E-state index in [2.05, 4.69) is 36.4 Å². The van der Waals surface area contributed by atoms with E-state index >= 15 is 0 Å². The van der Waals surface area contributed by atoms with Crippen molar-refractivity contribution in [3.05, 3.63) is 82.7 Å². The van der Waals surface area contributed by atoms with Crippen LogP contribution in [-0.2, 0) is 5.41 Å². The minimum Gasteiger partial charge on any atom is -0.366 e. The fourth-order valence-corrected chi connectivity index (χ4v) is 3.68. The third-order valence-electron chi connectivity index (χ3n) is 5.93. The molecule has 3 rings (SSSR count). The molecule has 0 radical (unpaired) electrons. The monoisotopic (exact) mass is 500 g/mol. The number of anilines is 1. The highest BCUT2D eigenvalue weighted by molar-refractivity contribution is 6.06. The van der Waals surface area contributed by atoms with Gasteiger partial charge in [0, 0.05) is 34.5 Å². The van der Waals surface area contributed by atoms with Gasteiger partial charge in [-0.25, -0.2) is 0 Å². The second kappa shape index (κ2) is 10.5. The summed E-state index contributed by atoms with van der Waals surface area (Å²) in [5.41, 5.74) is 10.3. The number of carbonyl (C=O) groups is 3. The number of amides is 3. The van der Waals surface area contributed by atoms with E-state index in [9.17, 15) is 14.4 Å². The lowest BCUT2D eigenvalue weighted by atomic mass is 9.85. The normalized spacial score (nSPS) is 11.6. The molecule has 37 heavy (non-hydrogen) atoms. The molecule has 1 heterocycles. The van der Waals surface area contributed by atoms with E-state index in [0.29, 0.717) is 23.4 Å². The number of primary amides is 1. The summed E-state index contributed by atoms with van der Waals surface area (Å²) < 4.78 is 0. The summed E-state index contributed by atoms with van der Waals surface area (Å²) in [6, 6.07) is 14.1. The van der Waals surface area contributed by atoms with Crippen molar-refractivity contribution in [2.45, 2.75) is 53.9 Å². The summed E-state index contributed by atoms with van der Waals surface area (Å²) in [7, 11) is 0. The Hall–Kier alpha value is -4.00. The number of hydrogen-bond donors (Lipinski definition) is 3. The van der Waals surface area contributed by atoms with Crippen LogP contribution in [0.15, 0.2) is 54.7 Å². The minimum atomic E-state index is -0.588. The summed E-state index contributed by atoms with van der Waals surface area (Å²) >= 11 is 0. The fourth-order valence-electron chi connectivity index (χ4n) is 3.68. The quantitative estimate of drug-likeness (QED) is 0.416. The van der Waals surface area contributed by atoms with Crippen molar-refractivity contribution in [3.8, 4) is 11.1 Å². The first-order valence-electron chi connectivity index (χ1n) is 12.3. The number of nitrogens with one attached hydrogen (secondary N) is 2. The van der Waals surface area contributed by atoms with Gasteiger partial charge in [0.2, 0.25) is 5.91 Å². The van der Waals surface area contributed by atoms with Crippen LogP contribution in [0.4, 0.5) is 5.69 Å². The van der Waals surface area contributed by atoms with Crippen LogP contribution in [0.3, 0.4) is 0 Å². The molecule has 7 heteroatoms. The highest BCUT2D eigenvalue weighted by Crippen LogP contribution is 2.27. The summed E-state index contributed by atoms with van der Waals surface area (Å²) in [5, 5.41) is 5.84. The average Bonchev–Trinajstić information content (AvgIpc) is 2.82. The number of nitrogens with zero attached hydrogens (tertiary/aromatic N) is 1. The van der Waals surface area contributed by atoms with Crippen molar-refractivity contribution < 1.29 is 14.4 Å². The van der Waals surface area contributed by atoms with Crippen molar-refractivity contribution in [2.24, 2.45) is 11.1 Å². The van der Waals surface area contributed by atoms with E-state index in [4.69, 9.17) is 5.73 Å². The lowest BCUT2D eigenvalue weighted by molar-refractivity contribution is 0.0937. The average molecular weight is 501 g/mol. The number of nitrogens with two attached hydrogens (primary N) is 1. The molecule has 0 aliphatic carbocycles. The first kappa shape index (κ1) is 27.6. The van der Waals surface area contributed by atoms with Crippen molar-refractivity contribution in [1.29, 1.82) is 0 Å². The lowest BCUT2D eigenvalue weighted by Crippen LogP contribution is -2.32. The number of pyridine rings is 1. The Labute approximate surface area is 218 Å². The van der Waals surface area contributed by atoms with Gasteiger partial charge < -0.3 is 16.4 Å². The first-order valence-corrected chi connectivity index (χ1v) is 12.3. The highest BCUT2D eigenvalue weighted by atomic mass is 16.2. The Morgan fingerprint density at radius 1 is 0.838 bits per heavy atom. The number of hydrogen-bond acceptors (Lipinski definition) is 4. The fraction of sp³-hybridized carbons (Fsp3) is 0.333. The zero-order valence-electron chi connectivity index (χ0n) is 22.7. The third-order valence-corrected chi connectivity index (χ3v) is 5.93. The molecule has 3 aromatic rings. The summed E-state index contributed by atoms with van der Waals surface area (Å²) in [5.74, 6) is -1.07. The van der Waals surface area contributed by atoms with Crippen LogP contribution in [0, 0.1) is 12.3 Å². The van der Waals surface area contributed by atoms with Crippen molar-refractivity contribution >= 4 is 23.4 Å². The summed E-state index contributed by atoms with van der Waals surface area (Å²) in [6.07, 6.45) is 1.59. The van der Waals surface area contributed by atoms with Crippen molar-refractivity contribution in [1.82, 2.24) is 10.3 Å². The van der Waals surface area contributed by atoms with Gasteiger partial charge in [-0.15, -0.1) is 0 Å². The second-order valence-corrected chi connectivity index (χ2v) is 11.5. The van der Waals surface area contributed by atoms with Crippen LogP contribution in [0.5, 0.6) is 0 Å². The van der Waals surface area contributed by atoms with Gasteiger partial charge in [-0.05, 0) is 65.3 Å². The van der Waals surface area contributed by atoms with Crippen LogP contribution in [-0.4, -0.2) is 29.3 Å². The molecule has 0 saturated heterocycles. The van der Waals surface area contributed by atoms with Gasteiger partial charge >= 0.3 is 0 Å². The molecule has 0 aliphatic rings. The van der Waals surface area contributed by atoms with Gasteiger partial charge in [0.25, 0.3) is 11.8 Å². The lowest BCUT2D eigenvalue weighted by Gasteiger charge is -2.20. The topological polar surface area (TPSA) is 114 Å². The molecule has 0 saturated carbocycles. The van der Waals surface area contributed by atoms with Gasteiger partial charge in [-0.1, -0.05) is 53.7 Å². The zero-order chi connectivity index (χ0) is 27.5. The largest absolute Gasteiger partial charge is 0.366 e. The van der Waals surface area contributed by atoms with E-state index in [1.54, 1.807) is 30.5 Å². The Morgan fingerprint density at radius 3 is 2.03 bits per heavy atom. The Balaban J connectivity index is 1.84. The van der Waals surface area contributed by atoms with Crippen LogP contribution in [0.25, 0.3) is 11.1 Å². The number of benzene rings is 2. The zero-order valence-corrected chi connectivity index (χ0v) is 22.7. The van der Waals surface area contributed by atoms with Crippen molar-refractivity contribution in [3.63, 3.8) is 0 Å². The van der Waals surface area contributed by atoms with E-state index in [0.717, 1.165) is 22.4 Å². The minimum absolute atomic E-state index is 0.00126. The number of aryl methyl sites for hydroxylation is 1. The standard InChI is InChI=1S/C30H36N4O3/c1-18-25(19-8-10-20(11-9-19)27(36)33-17-29(2,3)4)15-24(16-32-18)34-28(37)22-12-21(26(31)35)13-23(14-22)30(5,6)7/h8-16H,17H2,1-7H3,(H2,31,35)(H,33,36)(H,34,37). The van der Waals surface area contributed by atoms with Crippen LogP contribution >= 0.6 is 0 Å². The Bertz CT molecular complexity index is 1330. The second-order valence-electron chi connectivity index (χ2n) is 11.5. The van der Waals surface area contributed by atoms with E-state index < -0.39 is 5.91 Å². The highest BCUT2D eigenvalue weighted by Gasteiger charge is 2.20. The molecule has 0 spiro atoms. The summed E-state index contributed by atoms with van der Waals surface area (Å²) in [4.78, 5) is 41.9. The molecule has 7 nitrogen and oxygen atoms in total. The maximum absolute atomic E-state index is 13.1. The molecule has 0 aliphatic heterocycles. The van der Waals surface area contributed by atoms with Crippen LogP contribution in [0.2, 0.25) is 0 Å². The Kier molecular flexibility index (Phi) is 7.86. The number of carbonyl (C=O) groups excluding carboxylic acids is 3. The molecule has 0 fully saturated rings. The molecule has 1 aromatic heterocycles. The van der Waals surface area contributed by atoms with E-state index in [1.165, 1.54) is 6.07 Å². The third kappa shape index (κ3) is 7.26. The van der Waals surface area contributed by atoms with E-state index in [1.807, 2.05) is 45.9 Å². The van der Waals surface area contributed by atoms with Crippen LogP contribution < -0.4 is 16.4 Å². The molecule has 0 atom stereocenters. The van der Waals surface area contributed by atoms with Gasteiger partial charge in [0.1, 0.15) is 0 Å². The molecule has 2 aromatic carbocycles. The summed E-state index contributed by atoms with van der Waals surface area (Å²) in [6.45, 7) is 14.7. The molecule has 3 amide bonds. The molecule has 194 valence electrons. The number of rotatable bonds is 6.